The number of rotatable bonds is 11. The highest BCUT2D eigenvalue weighted by atomic mass is 19.4. The van der Waals surface area contributed by atoms with Crippen LogP contribution in [0.1, 0.15) is 51.4 Å². The Labute approximate surface area is 206 Å². The number of carbonyl (C=O) groups excluding carboxylic acids is 4. The van der Waals surface area contributed by atoms with Gasteiger partial charge in [-0.05, 0) is 43.9 Å². The maximum atomic E-state index is 13.2. The van der Waals surface area contributed by atoms with Crippen LogP contribution in [0, 0.1) is 11.3 Å². The number of likely N-dealkylation sites (tertiary alicyclic amines) is 1. The zero-order chi connectivity index (χ0) is 26.0. The SMILES string of the molecule is [B]C([B])([B])CCCC(=O)N1CC2(CC2)C[C@H]1C(=O)N[C@@H](C[C@@H]1CCNC1=O)C(=O)COC(F)(F)F. The van der Waals surface area contributed by atoms with Crippen LogP contribution in [0.2, 0.25) is 5.11 Å². The van der Waals surface area contributed by atoms with Crippen molar-refractivity contribution in [1.82, 2.24) is 15.5 Å². The molecule has 35 heavy (non-hydrogen) atoms. The van der Waals surface area contributed by atoms with E-state index in [0.717, 1.165) is 12.8 Å². The highest BCUT2D eigenvalue weighted by Crippen LogP contribution is 2.55. The third kappa shape index (κ3) is 8.01. The number of carbonyl (C=O) groups is 4. The van der Waals surface area contributed by atoms with Crippen molar-refractivity contribution >= 4 is 47.0 Å². The number of hydrogen-bond donors (Lipinski definition) is 2. The summed E-state index contributed by atoms with van der Waals surface area (Å²) in [6, 6.07) is -2.24. The lowest BCUT2D eigenvalue weighted by molar-refractivity contribution is -0.321. The third-order valence-electron chi connectivity index (χ3n) is 6.86. The Morgan fingerprint density at radius 1 is 1.23 bits per heavy atom. The van der Waals surface area contributed by atoms with Crippen molar-refractivity contribution in [2.75, 3.05) is 19.7 Å². The van der Waals surface area contributed by atoms with Crippen LogP contribution in [0.15, 0.2) is 0 Å². The van der Waals surface area contributed by atoms with Gasteiger partial charge in [-0.1, -0.05) is 6.42 Å². The molecule has 1 spiro atoms. The number of ether oxygens (including phenoxy) is 1. The van der Waals surface area contributed by atoms with E-state index in [4.69, 9.17) is 23.5 Å². The highest BCUT2D eigenvalue weighted by Gasteiger charge is 2.55. The van der Waals surface area contributed by atoms with Crippen LogP contribution in [0.25, 0.3) is 0 Å². The summed E-state index contributed by atoms with van der Waals surface area (Å²) in [6.07, 6.45) is -2.13. The molecule has 2 N–H and O–H groups in total. The van der Waals surface area contributed by atoms with Gasteiger partial charge in [0.15, 0.2) is 5.78 Å². The number of nitrogens with one attached hydrogen (secondary N) is 2. The number of ketones is 1. The minimum Gasteiger partial charge on any atom is -0.356 e. The summed E-state index contributed by atoms with van der Waals surface area (Å²) in [7, 11) is 16.6. The molecule has 1 saturated carbocycles. The molecule has 8 nitrogen and oxygen atoms in total. The van der Waals surface area contributed by atoms with E-state index >= 15 is 0 Å². The summed E-state index contributed by atoms with van der Waals surface area (Å²) in [5.74, 6) is -2.90. The average Bonchev–Trinajstić information content (AvgIpc) is 3.19. The fourth-order valence-corrected chi connectivity index (χ4v) is 4.73. The van der Waals surface area contributed by atoms with Gasteiger partial charge in [-0.15, -0.1) is 18.3 Å². The molecule has 3 rings (SSSR count). The molecule has 0 aromatic carbocycles. The van der Waals surface area contributed by atoms with Crippen LogP contribution in [-0.2, 0) is 23.9 Å². The second-order valence-corrected chi connectivity index (χ2v) is 9.98. The summed E-state index contributed by atoms with van der Waals surface area (Å²) < 4.78 is 41.1. The Morgan fingerprint density at radius 2 is 1.91 bits per heavy atom. The van der Waals surface area contributed by atoms with Gasteiger partial charge in [0.2, 0.25) is 17.7 Å². The molecule has 3 fully saturated rings. The molecule has 0 aromatic rings. The lowest BCUT2D eigenvalue weighted by Gasteiger charge is -2.27. The summed E-state index contributed by atoms with van der Waals surface area (Å²) in [5.41, 5.74) is -0.165. The minimum atomic E-state index is -5.02. The second-order valence-electron chi connectivity index (χ2n) is 9.98. The topological polar surface area (TPSA) is 105 Å². The number of alkyl halides is 3. The van der Waals surface area contributed by atoms with Gasteiger partial charge in [0.1, 0.15) is 12.6 Å². The van der Waals surface area contributed by atoms with Gasteiger partial charge in [-0.3, -0.25) is 23.9 Å². The fourth-order valence-electron chi connectivity index (χ4n) is 4.73. The molecule has 1 aliphatic carbocycles. The largest absolute Gasteiger partial charge is 0.522 e. The molecule has 0 bridgehead atoms. The lowest BCUT2D eigenvalue weighted by atomic mass is 9.41. The fraction of sp³-hybridized carbons (Fsp3) is 0.810. The first-order chi connectivity index (χ1) is 16.2. The highest BCUT2D eigenvalue weighted by molar-refractivity contribution is 6.58. The van der Waals surface area contributed by atoms with E-state index in [9.17, 15) is 32.3 Å². The molecule has 3 aliphatic rings. The Hall–Kier alpha value is -1.98. The number of nitrogens with zero attached hydrogens (tertiary/aromatic N) is 1. The summed E-state index contributed by atoms with van der Waals surface area (Å²) in [5, 5.41) is 3.68. The van der Waals surface area contributed by atoms with Gasteiger partial charge in [0.05, 0.1) is 29.6 Å². The van der Waals surface area contributed by atoms with Crippen LogP contribution >= 0.6 is 0 Å². The first kappa shape index (κ1) is 27.6. The van der Waals surface area contributed by atoms with Gasteiger partial charge in [0.25, 0.3) is 0 Å². The molecular weight excluding hydrogens is 464 g/mol. The van der Waals surface area contributed by atoms with Crippen LogP contribution in [0.5, 0.6) is 0 Å². The molecule has 0 unspecified atom stereocenters. The van der Waals surface area contributed by atoms with Gasteiger partial charge in [-0.2, -0.15) is 0 Å². The molecule has 3 atom stereocenters. The standard InChI is InChI=1S/C21H27B3F3N3O5/c22-20(23,24)4-1-2-16(32)30-11-19(5-6-19)9-14(30)18(34)29-13(8-12-3-7-28-17(12)33)15(31)10-35-21(25,26)27/h12-14H,1-11H2,(H,28,33)(H,29,34)/t12-,13-,14-/m0/s1. The number of amides is 3. The van der Waals surface area contributed by atoms with Gasteiger partial charge in [-0.25, -0.2) is 0 Å². The number of hydrogen-bond acceptors (Lipinski definition) is 5. The van der Waals surface area contributed by atoms with E-state index in [1.165, 1.54) is 4.90 Å². The molecule has 2 heterocycles. The van der Waals surface area contributed by atoms with Crippen molar-refractivity contribution < 1.29 is 37.1 Å². The van der Waals surface area contributed by atoms with E-state index in [-0.39, 0.29) is 36.5 Å². The van der Waals surface area contributed by atoms with Gasteiger partial charge in [0, 0.05) is 25.4 Å². The number of halogens is 3. The van der Waals surface area contributed by atoms with Crippen molar-refractivity contribution in [1.29, 1.82) is 0 Å². The van der Waals surface area contributed by atoms with E-state index in [1.54, 1.807) is 0 Å². The lowest BCUT2D eigenvalue weighted by Crippen LogP contribution is -2.52. The van der Waals surface area contributed by atoms with Crippen molar-refractivity contribution in [2.24, 2.45) is 11.3 Å². The predicted molar refractivity (Wildman–Crippen MR) is 120 cm³/mol. The van der Waals surface area contributed by atoms with Gasteiger partial charge >= 0.3 is 6.36 Å². The van der Waals surface area contributed by atoms with Crippen molar-refractivity contribution in [3.05, 3.63) is 0 Å². The molecule has 14 heteroatoms. The quantitative estimate of drug-likeness (QED) is 0.404. The van der Waals surface area contributed by atoms with Crippen LogP contribution in [0.4, 0.5) is 13.2 Å². The average molecular weight is 491 g/mol. The smallest absolute Gasteiger partial charge is 0.356 e. The molecule has 2 saturated heterocycles. The third-order valence-corrected chi connectivity index (χ3v) is 6.86. The molecule has 6 radical (unpaired) electrons. The zero-order valence-corrected chi connectivity index (χ0v) is 19.4. The van der Waals surface area contributed by atoms with E-state index in [2.05, 4.69) is 15.4 Å². The van der Waals surface area contributed by atoms with Crippen LogP contribution < -0.4 is 10.6 Å². The Balaban J connectivity index is 1.67. The first-order valence-corrected chi connectivity index (χ1v) is 11.7. The molecule has 186 valence electrons. The summed E-state index contributed by atoms with van der Waals surface area (Å²) >= 11 is 0. The van der Waals surface area contributed by atoms with Gasteiger partial charge < -0.3 is 15.5 Å². The van der Waals surface area contributed by atoms with Crippen LogP contribution in [0.3, 0.4) is 0 Å². The zero-order valence-electron chi connectivity index (χ0n) is 19.4. The predicted octanol–water partition coefficient (Wildman–Crippen LogP) is 0.234. The molecule has 3 amide bonds. The van der Waals surface area contributed by atoms with Crippen molar-refractivity contribution in [3.63, 3.8) is 0 Å². The summed E-state index contributed by atoms with van der Waals surface area (Å²) in [6.45, 7) is -0.538. The Morgan fingerprint density at radius 3 is 2.46 bits per heavy atom. The van der Waals surface area contributed by atoms with E-state index in [1.807, 2.05) is 0 Å². The number of Topliss-reactive ketones (excluding diaryl/α,β-unsaturated/α-hetero) is 1. The monoisotopic (exact) mass is 491 g/mol. The second kappa shape index (κ2) is 10.6. The Bertz CT molecular complexity index is 848. The maximum absolute atomic E-state index is 13.2. The first-order valence-electron chi connectivity index (χ1n) is 11.7. The summed E-state index contributed by atoms with van der Waals surface area (Å²) in [4.78, 5) is 52.0. The van der Waals surface area contributed by atoms with Crippen molar-refractivity contribution in [3.8, 4) is 0 Å². The molecule has 0 aromatic heterocycles. The van der Waals surface area contributed by atoms with Crippen LogP contribution in [-0.4, -0.2) is 90.1 Å². The Kier molecular flexibility index (Phi) is 8.33. The normalized spacial score (nSPS) is 24.3. The van der Waals surface area contributed by atoms with E-state index in [0.29, 0.717) is 32.4 Å². The maximum Gasteiger partial charge on any atom is 0.522 e. The minimum absolute atomic E-state index is 0.0667. The molecule has 2 aliphatic heterocycles. The van der Waals surface area contributed by atoms with E-state index < -0.39 is 47.8 Å². The van der Waals surface area contributed by atoms with Crippen molar-refractivity contribution in [2.45, 2.75) is 74.9 Å². The molecular formula is C21H27B3F3N3O5.